The van der Waals surface area contributed by atoms with Crippen LogP contribution in [0, 0.1) is 5.82 Å². The average molecular weight is 504 g/mol. The van der Waals surface area contributed by atoms with E-state index >= 15 is 0 Å². The molecule has 1 N–H and O–H groups in total. The first-order valence-electron chi connectivity index (χ1n) is 10.7. The highest BCUT2D eigenvalue weighted by molar-refractivity contribution is 7.89. The summed E-state index contributed by atoms with van der Waals surface area (Å²) in [6.45, 7) is 1.80. The molecular weight excluding hydrogens is 477 g/mol. The lowest BCUT2D eigenvalue weighted by Gasteiger charge is -2.26. The highest BCUT2D eigenvalue weighted by atomic mass is 35.5. The van der Waals surface area contributed by atoms with Gasteiger partial charge >= 0.3 is 0 Å². The number of carbonyl (C=O) groups excluding carboxylic acids is 1. The van der Waals surface area contributed by atoms with Crippen molar-refractivity contribution in [2.24, 2.45) is 0 Å². The Bertz CT molecular complexity index is 1260. The number of hydrogen-bond acceptors (Lipinski definition) is 4. The Kier molecular flexibility index (Phi) is 8.30. The summed E-state index contributed by atoms with van der Waals surface area (Å²) in [6.07, 6.45) is 0.324. The molecule has 9 heteroatoms. The van der Waals surface area contributed by atoms with Crippen LogP contribution in [0.5, 0.6) is 0 Å². The molecule has 0 unspecified atom stereocenters. The summed E-state index contributed by atoms with van der Waals surface area (Å²) >= 11 is 6.07. The van der Waals surface area contributed by atoms with Gasteiger partial charge in [0.25, 0.3) is 0 Å². The van der Waals surface area contributed by atoms with Gasteiger partial charge in [-0.05, 0) is 59.7 Å². The summed E-state index contributed by atoms with van der Waals surface area (Å²) in [5, 5.41) is 3.13. The second-order valence-electron chi connectivity index (χ2n) is 8.00. The van der Waals surface area contributed by atoms with Crippen molar-refractivity contribution in [3.05, 3.63) is 88.7 Å². The molecule has 0 fully saturated rings. The van der Waals surface area contributed by atoms with E-state index < -0.39 is 15.8 Å². The molecule has 3 aromatic rings. The molecule has 34 heavy (non-hydrogen) atoms. The van der Waals surface area contributed by atoms with Gasteiger partial charge in [-0.15, -0.1) is 0 Å². The Labute approximate surface area is 205 Å². The van der Waals surface area contributed by atoms with Crippen LogP contribution in [-0.4, -0.2) is 32.7 Å². The Morgan fingerprint density at radius 2 is 1.71 bits per heavy atom. The number of rotatable bonds is 9. The van der Waals surface area contributed by atoms with Gasteiger partial charge in [0.1, 0.15) is 5.82 Å². The summed E-state index contributed by atoms with van der Waals surface area (Å²) in [5.41, 5.74) is 2.72. The third-order valence-electron chi connectivity index (χ3n) is 5.22. The van der Waals surface area contributed by atoms with Crippen molar-refractivity contribution in [2.75, 3.05) is 24.3 Å². The molecule has 0 aliphatic heterocycles. The summed E-state index contributed by atoms with van der Waals surface area (Å²) < 4.78 is 42.1. The van der Waals surface area contributed by atoms with E-state index in [1.807, 2.05) is 25.1 Å². The largest absolute Gasteiger partial charge is 0.377 e. The number of benzene rings is 3. The van der Waals surface area contributed by atoms with Crippen LogP contribution in [0.15, 0.2) is 71.6 Å². The van der Waals surface area contributed by atoms with E-state index in [0.717, 1.165) is 5.69 Å². The fourth-order valence-corrected chi connectivity index (χ4v) is 5.17. The zero-order valence-electron chi connectivity index (χ0n) is 19.3. The molecule has 0 spiro atoms. The molecule has 1 amide bonds. The van der Waals surface area contributed by atoms with Crippen LogP contribution < -0.4 is 10.2 Å². The molecule has 3 aromatic carbocycles. The highest BCUT2D eigenvalue weighted by Gasteiger charge is 2.26. The number of nitrogens with zero attached hydrogens (tertiary/aromatic N) is 2. The number of anilines is 2. The monoisotopic (exact) mass is 503 g/mol. The normalized spacial score (nSPS) is 11.5. The van der Waals surface area contributed by atoms with E-state index in [1.54, 1.807) is 43.3 Å². The van der Waals surface area contributed by atoms with E-state index in [4.69, 9.17) is 11.6 Å². The standard InChI is InChI=1S/C25H27ClFN3O3S/c1-4-25(31)28-22-12-13-24(29(2)3)19(14-22)17-30(16-18-8-10-21(27)11-9-18)34(32,33)23-7-5-6-20(26)15-23/h5-15H,4,16-17H2,1-3H3,(H,28,31). The van der Waals surface area contributed by atoms with Gasteiger partial charge in [-0.2, -0.15) is 4.31 Å². The molecule has 3 rings (SSSR count). The first-order chi connectivity index (χ1) is 16.1. The molecule has 0 radical (unpaired) electrons. The zero-order chi connectivity index (χ0) is 24.9. The fourth-order valence-electron chi connectivity index (χ4n) is 3.46. The zero-order valence-corrected chi connectivity index (χ0v) is 20.8. The van der Waals surface area contributed by atoms with Crippen molar-refractivity contribution in [1.82, 2.24) is 4.31 Å². The SMILES string of the molecule is CCC(=O)Nc1ccc(N(C)C)c(CN(Cc2ccc(F)cc2)S(=O)(=O)c2cccc(Cl)c2)c1. The summed E-state index contributed by atoms with van der Waals surface area (Å²) in [7, 11) is -0.244. The number of amides is 1. The first kappa shape index (κ1) is 25.7. The molecule has 0 aliphatic carbocycles. The Hall–Kier alpha value is -2.94. The van der Waals surface area contributed by atoms with Gasteiger partial charge in [-0.1, -0.05) is 36.7 Å². The lowest BCUT2D eigenvalue weighted by atomic mass is 10.1. The Morgan fingerprint density at radius 1 is 1.00 bits per heavy atom. The van der Waals surface area contributed by atoms with Crippen LogP contribution >= 0.6 is 11.6 Å². The van der Waals surface area contributed by atoms with Crippen LogP contribution in [0.4, 0.5) is 15.8 Å². The van der Waals surface area contributed by atoms with Gasteiger partial charge in [-0.3, -0.25) is 4.79 Å². The number of halogens is 2. The van der Waals surface area contributed by atoms with Crippen molar-refractivity contribution in [2.45, 2.75) is 31.3 Å². The van der Waals surface area contributed by atoms with E-state index in [2.05, 4.69) is 5.32 Å². The fraction of sp³-hybridized carbons (Fsp3) is 0.240. The lowest BCUT2D eigenvalue weighted by Crippen LogP contribution is -2.31. The Balaban J connectivity index is 2.06. The van der Waals surface area contributed by atoms with Gasteiger partial charge in [0.05, 0.1) is 4.90 Å². The molecule has 0 heterocycles. The predicted octanol–water partition coefficient (Wildman–Crippen LogP) is 5.28. The molecule has 6 nitrogen and oxygen atoms in total. The maximum atomic E-state index is 13.7. The van der Waals surface area contributed by atoms with Crippen molar-refractivity contribution < 1.29 is 17.6 Å². The lowest BCUT2D eigenvalue weighted by molar-refractivity contribution is -0.115. The molecule has 0 saturated carbocycles. The molecule has 0 atom stereocenters. The first-order valence-corrected chi connectivity index (χ1v) is 12.5. The maximum absolute atomic E-state index is 13.7. The van der Waals surface area contributed by atoms with Crippen LogP contribution in [-0.2, 0) is 27.9 Å². The van der Waals surface area contributed by atoms with Crippen molar-refractivity contribution in [3.8, 4) is 0 Å². The van der Waals surface area contributed by atoms with Crippen LogP contribution in [0.2, 0.25) is 5.02 Å². The number of sulfonamides is 1. The minimum Gasteiger partial charge on any atom is -0.377 e. The second-order valence-corrected chi connectivity index (χ2v) is 10.4. The van der Waals surface area contributed by atoms with Gasteiger partial charge < -0.3 is 10.2 Å². The van der Waals surface area contributed by atoms with Gasteiger partial charge in [0.2, 0.25) is 15.9 Å². The van der Waals surface area contributed by atoms with E-state index in [-0.39, 0.29) is 23.9 Å². The number of nitrogens with one attached hydrogen (secondary N) is 1. The molecule has 0 bridgehead atoms. The number of carbonyl (C=O) groups is 1. The van der Waals surface area contributed by atoms with Crippen molar-refractivity contribution in [1.29, 1.82) is 0 Å². The quantitative estimate of drug-likeness (QED) is 0.431. The minimum absolute atomic E-state index is 0.0214. The van der Waals surface area contributed by atoms with Crippen molar-refractivity contribution >= 4 is 38.9 Å². The number of hydrogen-bond donors (Lipinski definition) is 1. The van der Waals surface area contributed by atoms with Gasteiger partial charge in [-0.25, -0.2) is 12.8 Å². The van der Waals surface area contributed by atoms with E-state index in [1.165, 1.54) is 28.6 Å². The molecule has 0 aromatic heterocycles. The van der Waals surface area contributed by atoms with Crippen LogP contribution in [0.3, 0.4) is 0 Å². The van der Waals surface area contributed by atoms with Gasteiger partial charge in [0, 0.05) is 50.0 Å². The third-order valence-corrected chi connectivity index (χ3v) is 7.24. The molecule has 0 saturated heterocycles. The third kappa shape index (κ3) is 6.34. The molecule has 180 valence electrons. The Morgan fingerprint density at radius 3 is 2.32 bits per heavy atom. The second kappa shape index (κ2) is 11.0. The average Bonchev–Trinajstić information content (AvgIpc) is 2.80. The minimum atomic E-state index is -3.96. The summed E-state index contributed by atoms with van der Waals surface area (Å²) in [4.78, 5) is 13.8. The highest BCUT2D eigenvalue weighted by Crippen LogP contribution is 2.29. The molecular formula is C25H27ClFN3O3S. The van der Waals surface area contributed by atoms with Crippen LogP contribution in [0.1, 0.15) is 24.5 Å². The smallest absolute Gasteiger partial charge is 0.243 e. The van der Waals surface area contributed by atoms with E-state index in [9.17, 15) is 17.6 Å². The topological polar surface area (TPSA) is 69.7 Å². The van der Waals surface area contributed by atoms with E-state index in [0.29, 0.717) is 28.3 Å². The predicted molar refractivity (Wildman–Crippen MR) is 134 cm³/mol. The molecule has 0 aliphatic rings. The summed E-state index contributed by atoms with van der Waals surface area (Å²) in [5.74, 6) is -0.541. The summed E-state index contributed by atoms with van der Waals surface area (Å²) in [6, 6.07) is 17.2. The van der Waals surface area contributed by atoms with Crippen molar-refractivity contribution in [3.63, 3.8) is 0 Å². The van der Waals surface area contributed by atoms with Crippen LogP contribution in [0.25, 0.3) is 0 Å². The maximum Gasteiger partial charge on any atom is 0.243 e. The van der Waals surface area contributed by atoms with Gasteiger partial charge in [0.15, 0.2) is 0 Å².